The van der Waals surface area contributed by atoms with Crippen LogP contribution in [0.5, 0.6) is 0 Å². The van der Waals surface area contributed by atoms with E-state index in [-0.39, 0.29) is 5.92 Å². The van der Waals surface area contributed by atoms with Crippen molar-refractivity contribution >= 4 is 17.5 Å². The molecule has 14 heavy (non-hydrogen) atoms. The third-order valence-electron chi connectivity index (χ3n) is 2.80. The minimum Gasteiger partial charge on any atom is -0.299 e. The summed E-state index contributed by atoms with van der Waals surface area (Å²) in [5.41, 5.74) is 2.62. The highest BCUT2D eigenvalue weighted by Crippen LogP contribution is 2.36. The molecule has 1 aliphatic rings. The molecule has 1 aliphatic carbocycles. The predicted molar refractivity (Wildman–Crippen MR) is 60.9 cm³/mol. The summed E-state index contributed by atoms with van der Waals surface area (Å²) in [6.07, 6.45) is 3.73. The lowest BCUT2D eigenvalue weighted by Gasteiger charge is -2.28. The first kappa shape index (κ1) is 9.78. The van der Waals surface area contributed by atoms with Crippen molar-refractivity contribution in [2.45, 2.75) is 18.8 Å². The number of carbonyl (C=O) groups is 1. The number of thioether (sulfide) groups is 1. The highest BCUT2D eigenvalue weighted by Gasteiger charge is 2.30. The van der Waals surface area contributed by atoms with Crippen LogP contribution in [0.15, 0.2) is 24.3 Å². The molecule has 0 aliphatic heterocycles. The van der Waals surface area contributed by atoms with Gasteiger partial charge in [0, 0.05) is 12.3 Å². The van der Waals surface area contributed by atoms with Gasteiger partial charge in [-0.1, -0.05) is 24.3 Å². The van der Waals surface area contributed by atoms with Crippen molar-refractivity contribution in [1.82, 2.24) is 0 Å². The van der Waals surface area contributed by atoms with Gasteiger partial charge in [-0.25, -0.2) is 0 Å². The average Bonchev–Trinajstić information content (AvgIpc) is 2.17. The molecule has 0 bridgehead atoms. The summed E-state index contributed by atoms with van der Waals surface area (Å²) in [5.74, 6) is 1.58. The third-order valence-corrected chi connectivity index (χ3v) is 3.41. The fourth-order valence-corrected chi connectivity index (χ4v) is 2.33. The smallest absolute Gasteiger partial charge is 0.141 e. The number of benzene rings is 1. The number of carbonyl (C=O) groups excluding carboxylic acids is 1. The monoisotopic (exact) mass is 206 g/mol. The Balaban J connectivity index is 2.01. The van der Waals surface area contributed by atoms with E-state index in [1.165, 1.54) is 11.1 Å². The standard InChI is InChI=1S/C12H14OS/c1-14-7-6-12(13)11-8-9-4-2-3-5-10(9)11/h2-5,11H,6-8H2,1H3. The van der Waals surface area contributed by atoms with Crippen LogP contribution in [0.1, 0.15) is 23.5 Å². The van der Waals surface area contributed by atoms with Crippen LogP contribution in [-0.4, -0.2) is 17.8 Å². The molecule has 2 rings (SSSR count). The van der Waals surface area contributed by atoms with Crippen molar-refractivity contribution in [2.75, 3.05) is 12.0 Å². The number of fused-ring (bicyclic) bond motifs is 1. The Hall–Kier alpha value is -0.760. The minimum absolute atomic E-state index is 0.207. The molecule has 1 aromatic carbocycles. The first-order valence-electron chi connectivity index (χ1n) is 4.92. The summed E-state index contributed by atoms with van der Waals surface area (Å²) < 4.78 is 0. The minimum atomic E-state index is 0.207. The molecule has 74 valence electrons. The maximum Gasteiger partial charge on any atom is 0.141 e. The summed E-state index contributed by atoms with van der Waals surface area (Å²) >= 11 is 1.74. The van der Waals surface area contributed by atoms with Gasteiger partial charge in [-0.05, 0) is 29.6 Å². The predicted octanol–water partition coefficient (Wildman–Crippen LogP) is 2.65. The van der Waals surface area contributed by atoms with Crippen LogP contribution < -0.4 is 0 Å². The van der Waals surface area contributed by atoms with Gasteiger partial charge in [-0.15, -0.1) is 0 Å². The van der Waals surface area contributed by atoms with E-state index in [4.69, 9.17) is 0 Å². The highest BCUT2D eigenvalue weighted by atomic mass is 32.2. The maximum atomic E-state index is 11.7. The van der Waals surface area contributed by atoms with Crippen LogP contribution in [-0.2, 0) is 11.2 Å². The molecule has 1 nitrogen and oxygen atoms in total. The van der Waals surface area contributed by atoms with Crippen molar-refractivity contribution in [3.63, 3.8) is 0 Å². The molecule has 0 saturated heterocycles. The Kier molecular flexibility index (Phi) is 2.92. The molecular weight excluding hydrogens is 192 g/mol. The first-order chi connectivity index (χ1) is 6.83. The van der Waals surface area contributed by atoms with Crippen LogP contribution in [0.4, 0.5) is 0 Å². The normalized spacial score (nSPS) is 18.5. The Bertz CT molecular complexity index is 346. The van der Waals surface area contributed by atoms with Gasteiger partial charge in [0.2, 0.25) is 0 Å². The summed E-state index contributed by atoms with van der Waals surface area (Å²) in [7, 11) is 0. The third kappa shape index (κ3) is 1.71. The molecule has 0 spiro atoms. The van der Waals surface area contributed by atoms with Crippen molar-refractivity contribution in [3.8, 4) is 0 Å². The topological polar surface area (TPSA) is 17.1 Å². The van der Waals surface area contributed by atoms with Crippen molar-refractivity contribution < 1.29 is 4.79 Å². The summed E-state index contributed by atoms with van der Waals surface area (Å²) in [5, 5.41) is 0. The lowest BCUT2D eigenvalue weighted by Crippen LogP contribution is -2.25. The van der Waals surface area contributed by atoms with Gasteiger partial charge in [0.15, 0.2) is 0 Å². The Labute approximate surface area is 88.9 Å². The van der Waals surface area contributed by atoms with E-state index in [0.29, 0.717) is 5.78 Å². The van der Waals surface area contributed by atoms with E-state index in [1.807, 2.05) is 18.4 Å². The number of hydrogen-bond acceptors (Lipinski definition) is 2. The van der Waals surface area contributed by atoms with Gasteiger partial charge in [0.1, 0.15) is 5.78 Å². The summed E-state index contributed by atoms with van der Waals surface area (Å²) in [6.45, 7) is 0. The van der Waals surface area contributed by atoms with Crippen molar-refractivity contribution in [3.05, 3.63) is 35.4 Å². The number of ketones is 1. The molecule has 0 heterocycles. The molecular formula is C12H14OS. The molecule has 0 amide bonds. The van der Waals surface area contributed by atoms with E-state index in [2.05, 4.69) is 12.1 Å². The first-order valence-corrected chi connectivity index (χ1v) is 6.31. The van der Waals surface area contributed by atoms with Crippen LogP contribution in [0.25, 0.3) is 0 Å². The van der Waals surface area contributed by atoms with Crippen LogP contribution in [0.2, 0.25) is 0 Å². The molecule has 0 aromatic heterocycles. The number of rotatable bonds is 4. The fourth-order valence-electron chi connectivity index (χ4n) is 1.92. The molecule has 0 N–H and O–H groups in total. The van der Waals surface area contributed by atoms with Crippen molar-refractivity contribution in [2.24, 2.45) is 0 Å². The maximum absolute atomic E-state index is 11.7. The summed E-state index contributed by atoms with van der Waals surface area (Å²) in [6, 6.07) is 8.27. The van der Waals surface area contributed by atoms with E-state index in [0.717, 1.165) is 18.6 Å². The number of Topliss-reactive ketones (excluding diaryl/α,β-unsaturated/α-hetero) is 1. The Morgan fingerprint density at radius 1 is 1.50 bits per heavy atom. The van der Waals surface area contributed by atoms with Gasteiger partial charge < -0.3 is 0 Å². The van der Waals surface area contributed by atoms with Gasteiger partial charge in [0.05, 0.1) is 0 Å². The van der Waals surface area contributed by atoms with Crippen LogP contribution >= 0.6 is 11.8 Å². The summed E-state index contributed by atoms with van der Waals surface area (Å²) in [4.78, 5) is 11.7. The van der Waals surface area contributed by atoms with E-state index < -0.39 is 0 Å². The van der Waals surface area contributed by atoms with Crippen LogP contribution in [0, 0.1) is 0 Å². The van der Waals surface area contributed by atoms with Gasteiger partial charge in [-0.3, -0.25) is 4.79 Å². The Morgan fingerprint density at radius 3 is 3.00 bits per heavy atom. The molecule has 0 saturated carbocycles. The van der Waals surface area contributed by atoms with E-state index >= 15 is 0 Å². The quantitative estimate of drug-likeness (QED) is 0.753. The second kappa shape index (κ2) is 4.18. The molecule has 1 aromatic rings. The lowest BCUT2D eigenvalue weighted by molar-refractivity contribution is -0.120. The van der Waals surface area contributed by atoms with Gasteiger partial charge in [-0.2, -0.15) is 11.8 Å². The second-order valence-electron chi connectivity index (χ2n) is 3.66. The molecule has 0 radical (unpaired) electrons. The average molecular weight is 206 g/mol. The zero-order valence-electron chi connectivity index (χ0n) is 8.32. The largest absolute Gasteiger partial charge is 0.299 e. The van der Waals surface area contributed by atoms with E-state index in [9.17, 15) is 4.79 Å². The van der Waals surface area contributed by atoms with Gasteiger partial charge in [0.25, 0.3) is 0 Å². The highest BCUT2D eigenvalue weighted by molar-refractivity contribution is 7.98. The van der Waals surface area contributed by atoms with E-state index in [1.54, 1.807) is 11.8 Å². The van der Waals surface area contributed by atoms with Crippen LogP contribution in [0.3, 0.4) is 0 Å². The molecule has 1 atom stereocenters. The van der Waals surface area contributed by atoms with Crippen molar-refractivity contribution in [1.29, 1.82) is 0 Å². The SMILES string of the molecule is CSCCC(=O)C1Cc2ccccc21. The fraction of sp³-hybridized carbons (Fsp3) is 0.417. The lowest BCUT2D eigenvalue weighted by atomic mass is 9.75. The molecule has 2 heteroatoms. The molecule has 1 unspecified atom stereocenters. The zero-order chi connectivity index (χ0) is 9.97. The zero-order valence-corrected chi connectivity index (χ0v) is 9.14. The number of hydrogen-bond donors (Lipinski definition) is 0. The van der Waals surface area contributed by atoms with Gasteiger partial charge >= 0.3 is 0 Å². The second-order valence-corrected chi connectivity index (χ2v) is 4.65. The molecule has 0 fully saturated rings. The Morgan fingerprint density at radius 2 is 2.29 bits per heavy atom.